The van der Waals surface area contributed by atoms with Gasteiger partial charge in [-0.15, -0.1) is 0 Å². The Kier molecular flexibility index (Phi) is 3.32. The van der Waals surface area contributed by atoms with Gasteiger partial charge in [0.05, 0.1) is 0 Å². The van der Waals surface area contributed by atoms with Crippen molar-refractivity contribution in [2.75, 3.05) is 0 Å². The molecule has 2 rings (SSSR count). The molecule has 1 aromatic rings. The van der Waals surface area contributed by atoms with Crippen molar-refractivity contribution in [2.24, 2.45) is 5.92 Å². The zero-order valence-corrected chi connectivity index (χ0v) is 10.3. The summed E-state index contributed by atoms with van der Waals surface area (Å²) in [6.07, 6.45) is 6.75. The van der Waals surface area contributed by atoms with Crippen molar-refractivity contribution >= 4 is 0 Å². The minimum Gasteiger partial charge on any atom is -0.207 e. The number of rotatable bonds is 2. The molecule has 1 aromatic carbocycles. The van der Waals surface area contributed by atoms with Crippen LogP contribution < -0.4 is 0 Å². The fourth-order valence-electron chi connectivity index (χ4n) is 2.94. The summed E-state index contributed by atoms with van der Waals surface area (Å²) in [7, 11) is 0. The third-order valence-corrected chi connectivity index (χ3v) is 4.21. The molecule has 0 aliphatic heterocycles. The molecule has 0 spiro atoms. The lowest BCUT2D eigenvalue weighted by molar-refractivity contribution is 0.236. The zero-order valence-electron chi connectivity index (χ0n) is 10.3. The average Bonchev–Trinajstić information content (AvgIpc) is 2.31. The third kappa shape index (κ3) is 2.28. The van der Waals surface area contributed by atoms with E-state index in [1.54, 1.807) is 12.1 Å². The van der Waals surface area contributed by atoms with Crippen molar-refractivity contribution < 1.29 is 4.39 Å². The smallest absolute Gasteiger partial charge is 0.123 e. The standard InChI is InChI=1S/C15H21F/c1-15(2,12-6-4-3-5-7-12)13-8-10-14(16)11-9-13/h8-12H,3-7H2,1-2H3. The zero-order chi connectivity index (χ0) is 11.6. The van der Waals surface area contributed by atoms with Gasteiger partial charge in [-0.25, -0.2) is 4.39 Å². The van der Waals surface area contributed by atoms with Crippen molar-refractivity contribution in [3.8, 4) is 0 Å². The summed E-state index contributed by atoms with van der Waals surface area (Å²) in [4.78, 5) is 0. The van der Waals surface area contributed by atoms with Gasteiger partial charge in [-0.2, -0.15) is 0 Å². The lowest BCUT2D eigenvalue weighted by Gasteiger charge is -2.37. The Morgan fingerprint density at radius 1 is 1.00 bits per heavy atom. The van der Waals surface area contributed by atoms with E-state index in [1.165, 1.54) is 37.7 Å². The maximum absolute atomic E-state index is 12.9. The quantitative estimate of drug-likeness (QED) is 0.678. The van der Waals surface area contributed by atoms with Crippen molar-refractivity contribution in [2.45, 2.75) is 51.4 Å². The topological polar surface area (TPSA) is 0 Å². The minimum absolute atomic E-state index is 0.136. The molecule has 0 nitrogen and oxygen atoms in total. The number of hydrogen-bond acceptors (Lipinski definition) is 0. The van der Waals surface area contributed by atoms with Crippen LogP contribution in [0.1, 0.15) is 51.5 Å². The molecule has 0 unspecified atom stereocenters. The van der Waals surface area contributed by atoms with Gasteiger partial charge < -0.3 is 0 Å². The Morgan fingerprint density at radius 3 is 2.12 bits per heavy atom. The first-order chi connectivity index (χ1) is 7.60. The van der Waals surface area contributed by atoms with Gasteiger partial charge >= 0.3 is 0 Å². The Bertz CT molecular complexity index is 331. The molecule has 88 valence electrons. The molecule has 16 heavy (non-hydrogen) atoms. The third-order valence-electron chi connectivity index (χ3n) is 4.21. The first-order valence-corrected chi connectivity index (χ1v) is 6.37. The molecule has 1 fully saturated rings. The molecule has 0 radical (unpaired) electrons. The molecule has 1 aliphatic carbocycles. The summed E-state index contributed by atoms with van der Waals surface area (Å²) in [5.74, 6) is 0.620. The predicted molar refractivity (Wildman–Crippen MR) is 66.0 cm³/mol. The van der Waals surface area contributed by atoms with Crippen LogP contribution in [0, 0.1) is 11.7 Å². The van der Waals surface area contributed by atoms with Crippen LogP contribution in [0.5, 0.6) is 0 Å². The second-order valence-electron chi connectivity index (χ2n) is 5.56. The van der Waals surface area contributed by atoms with Crippen molar-refractivity contribution in [1.29, 1.82) is 0 Å². The van der Waals surface area contributed by atoms with E-state index in [-0.39, 0.29) is 11.2 Å². The fourth-order valence-corrected chi connectivity index (χ4v) is 2.94. The Labute approximate surface area is 97.9 Å². The highest BCUT2D eigenvalue weighted by molar-refractivity contribution is 5.25. The molecular formula is C15H21F. The molecule has 0 aromatic heterocycles. The number of benzene rings is 1. The van der Waals surface area contributed by atoms with E-state index in [9.17, 15) is 4.39 Å². The molecule has 0 heterocycles. The van der Waals surface area contributed by atoms with Crippen molar-refractivity contribution in [3.63, 3.8) is 0 Å². The first kappa shape index (κ1) is 11.6. The van der Waals surface area contributed by atoms with Gasteiger partial charge in [-0.3, -0.25) is 0 Å². The van der Waals surface area contributed by atoms with E-state index in [0.717, 1.165) is 5.92 Å². The summed E-state index contributed by atoms with van der Waals surface area (Å²) in [5.41, 5.74) is 1.47. The van der Waals surface area contributed by atoms with Gasteiger partial charge in [0.15, 0.2) is 0 Å². The number of hydrogen-bond donors (Lipinski definition) is 0. The van der Waals surface area contributed by atoms with E-state index < -0.39 is 0 Å². The predicted octanol–water partition coefficient (Wildman–Crippen LogP) is 4.68. The van der Waals surface area contributed by atoms with E-state index in [2.05, 4.69) is 13.8 Å². The molecular weight excluding hydrogens is 199 g/mol. The lowest BCUT2D eigenvalue weighted by Crippen LogP contribution is -2.30. The average molecular weight is 220 g/mol. The van der Waals surface area contributed by atoms with Crippen molar-refractivity contribution in [1.82, 2.24) is 0 Å². The van der Waals surface area contributed by atoms with Gasteiger partial charge in [0.25, 0.3) is 0 Å². The normalized spacial score (nSPS) is 18.7. The molecule has 0 atom stereocenters. The van der Waals surface area contributed by atoms with Crippen molar-refractivity contribution in [3.05, 3.63) is 35.6 Å². The molecule has 0 amide bonds. The van der Waals surface area contributed by atoms with Crippen LogP contribution in [0.3, 0.4) is 0 Å². The molecule has 0 N–H and O–H groups in total. The largest absolute Gasteiger partial charge is 0.207 e. The van der Waals surface area contributed by atoms with Crippen LogP contribution >= 0.6 is 0 Å². The number of halogens is 1. The van der Waals surface area contributed by atoms with Crippen LogP contribution in [0.2, 0.25) is 0 Å². The molecule has 1 saturated carbocycles. The Morgan fingerprint density at radius 2 is 1.56 bits per heavy atom. The van der Waals surface area contributed by atoms with Gasteiger partial charge in [0, 0.05) is 0 Å². The fraction of sp³-hybridized carbons (Fsp3) is 0.600. The highest BCUT2D eigenvalue weighted by atomic mass is 19.1. The van der Waals surface area contributed by atoms with Crippen LogP contribution in [-0.2, 0) is 5.41 Å². The molecule has 1 heteroatoms. The molecule has 0 saturated heterocycles. The van der Waals surface area contributed by atoms with Gasteiger partial charge in [0.1, 0.15) is 5.82 Å². The van der Waals surface area contributed by atoms with Crippen LogP contribution in [0.15, 0.2) is 24.3 Å². The Balaban J connectivity index is 2.19. The summed E-state index contributed by atoms with van der Waals surface area (Å²) in [6, 6.07) is 7.06. The van der Waals surface area contributed by atoms with Crippen LogP contribution in [0.4, 0.5) is 4.39 Å². The SMILES string of the molecule is CC(C)(c1ccc(F)cc1)C1CCCCC1. The maximum Gasteiger partial charge on any atom is 0.123 e. The van der Waals surface area contributed by atoms with Gasteiger partial charge in [-0.1, -0.05) is 45.2 Å². The van der Waals surface area contributed by atoms with Gasteiger partial charge in [-0.05, 0) is 41.9 Å². The second kappa shape index (κ2) is 4.57. The summed E-state index contributed by atoms with van der Waals surface area (Å²) < 4.78 is 12.9. The maximum atomic E-state index is 12.9. The Hall–Kier alpha value is -0.850. The van der Waals surface area contributed by atoms with E-state index in [0.29, 0.717) is 0 Å². The summed E-state index contributed by atoms with van der Waals surface area (Å²) in [5, 5.41) is 0. The summed E-state index contributed by atoms with van der Waals surface area (Å²) in [6.45, 7) is 4.60. The van der Waals surface area contributed by atoms with E-state index in [1.807, 2.05) is 12.1 Å². The first-order valence-electron chi connectivity index (χ1n) is 6.37. The highest BCUT2D eigenvalue weighted by Crippen LogP contribution is 2.40. The van der Waals surface area contributed by atoms with E-state index >= 15 is 0 Å². The molecule has 0 bridgehead atoms. The van der Waals surface area contributed by atoms with Crippen LogP contribution in [-0.4, -0.2) is 0 Å². The summed E-state index contributed by atoms with van der Waals surface area (Å²) >= 11 is 0. The monoisotopic (exact) mass is 220 g/mol. The van der Waals surface area contributed by atoms with Gasteiger partial charge in [0.2, 0.25) is 0 Å². The molecule has 1 aliphatic rings. The second-order valence-corrected chi connectivity index (χ2v) is 5.56. The lowest BCUT2D eigenvalue weighted by atomic mass is 9.67. The highest BCUT2D eigenvalue weighted by Gasteiger charge is 2.31. The minimum atomic E-state index is -0.136. The van der Waals surface area contributed by atoms with E-state index in [4.69, 9.17) is 0 Å². The van der Waals surface area contributed by atoms with Crippen LogP contribution in [0.25, 0.3) is 0 Å².